The van der Waals surface area contributed by atoms with Crippen molar-refractivity contribution in [3.63, 3.8) is 0 Å². The van der Waals surface area contributed by atoms with Crippen LogP contribution in [0.5, 0.6) is 0 Å². The Hall–Kier alpha value is -0.870. The summed E-state index contributed by atoms with van der Waals surface area (Å²) in [6.45, 7) is 4.29. The highest BCUT2D eigenvalue weighted by atomic mass is 79.9. The predicted molar refractivity (Wildman–Crippen MR) is 77.6 cm³/mol. The van der Waals surface area contributed by atoms with Gasteiger partial charge in [-0.05, 0) is 53.7 Å². The second-order valence-corrected chi connectivity index (χ2v) is 6.06. The third-order valence-electron chi connectivity index (χ3n) is 2.79. The van der Waals surface area contributed by atoms with Crippen LogP contribution in [-0.4, -0.2) is 4.98 Å². The van der Waals surface area contributed by atoms with Gasteiger partial charge in [0.1, 0.15) is 4.60 Å². The van der Waals surface area contributed by atoms with Crippen molar-refractivity contribution in [3.8, 4) is 0 Å². The number of rotatable bonds is 3. The van der Waals surface area contributed by atoms with Crippen molar-refractivity contribution >= 4 is 32.4 Å². The molecule has 90 valence electrons. The van der Waals surface area contributed by atoms with Crippen molar-refractivity contribution in [1.29, 1.82) is 0 Å². The molecule has 0 radical (unpaired) electrons. The zero-order valence-electron chi connectivity index (χ0n) is 9.96. The van der Waals surface area contributed by atoms with Gasteiger partial charge in [-0.25, -0.2) is 4.98 Å². The van der Waals surface area contributed by atoms with E-state index in [4.69, 9.17) is 5.73 Å². The summed E-state index contributed by atoms with van der Waals surface area (Å²) in [7, 11) is 0. The number of nitrogens with zero attached hydrogens (tertiary/aromatic N) is 1. The number of hydrogen-bond donors (Lipinski definition) is 1. The number of benzene rings is 1. The van der Waals surface area contributed by atoms with Crippen molar-refractivity contribution in [2.75, 3.05) is 5.73 Å². The zero-order valence-corrected chi connectivity index (χ0v) is 12.4. The van der Waals surface area contributed by atoms with Crippen LogP contribution in [0.1, 0.15) is 21.6 Å². The van der Waals surface area contributed by atoms with Gasteiger partial charge in [0.15, 0.2) is 5.13 Å². The van der Waals surface area contributed by atoms with Crippen LogP contribution in [0.2, 0.25) is 0 Å². The van der Waals surface area contributed by atoms with E-state index >= 15 is 0 Å². The lowest BCUT2D eigenvalue weighted by Crippen LogP contribution is -1.94. The normalized spacial score (nSPS) is 10.8. The number of hydrogen-bond acceptors (Lipinski definition) is 3. The molecule has 2 nitrogen and oxygen atoms in total. The quantitative estimate of drug-likeness (QED) is 0.934. The van der Waals surface area contributed by atoms with Crippen LogP contribution in [0.3, 0.4) is 0 Å². The average molecular weight is 311 g/mol. The van der Waals surface area contributed by atoms with E-state index in [1.54, 1.807) is 11.3 Å². The van der Waals surface area contributed by atoms with Gasteiger partial charge in [-0.2, -0.15) is 0 Å². The van der Waals surface area contributed by atoms with Gasteiger partial charge in [0, 0.05) is 4.88 Å². The first-order valence-electron chi connectivity index (χ1n) is 5.53. The minimum atomic E-state index is 0.632. The van der Waals surface area contributed by atoms with Crippen LogP contribution in [-0.2, 0) is 12.8 Å². The Morgan fingerprint density at radius 3 is 2.71 bits per heavy atom. The molecular formula is C13H15BrN2S. The van der Waals surface area contributed by atoms with E-state index < -0.39 is 0 Å². The zero-order chi connectivity index (χ0) is 12.4. The molecule has 0 fully saturated rings. The molecule has 0 unspecified atom stereocenters. The molecule has 4 heteroatoms. The number of anilines is 1. The molecule has 2 aromatic rings. The largest absolute Gasteiger partial charge is 0.375 e. The summed E-state index contributed by atoms with van der Waals surface area (Å²) in [4.78, 5) is 5.40. The Labute approximate surface area is 114 Å². The fourth-order valence-electron chi connectivity index (χ4n) is 1.82. The molecule has 17 heavy (non-hydrogen) atoms. The molecule has 0 amide bonds. The fraction of sp³-hybridized carbons (Fsp3) is 0.308. The summed E-state index contributed by atoms with van der Waals surface area (Å²) in [5.41, 5.74) is 9.75. The van der Waals surface area contributed by atoms with Crippen molar-refractivity contribution in [2.45, 2.75) is 26.7 Å². The lowest BCUT2D eigenvalue weighted by Gasteiger charge is -2.06. The van der Waals surface area contributed by atoms with Gasteiger partial charge in [0.25, 0.3) is 0 Å². The summed E-state index contributed by atoms with van der Waals surface area (Å²) < 4.78 is 0.894. The topological polar surface area (TPSA) is 38.9 Å². The van der Waals surface area contributed by atoms with Crippen molar-refractivity contribution in [1.82, 2.24) is 4.98 Å². The molecule has 2 rings (SSSR count). The second-order valence-electron chi connectivity index (χ2n) is 4.20. The van der Waals surface area contributed by atoms with Crippen molar-refractivity contribution < 1.29 is 0 Å². The standard InChI is InChI=1S/C13H15BrN2S/c1-8-3-4-9(2)10(7-8)5-6-11-12(14)16-13(15)17-11/h3-4,7H,5-6H2,1-2H3,(H2,15,16). The Morgan fingerprint density at radius 2 is 2.06 bits per heavy atom. The highest BCUT2D eigenvalue weighted by Crippen LogP contribution is 2.27. The van der Waals surface area contributed by atoms with Gasteiger partial charge in [-0.3, -0.25) is 0 Å². The monoisotopic (exact) mass is 310 g/mol. The van der Waals surface area contributed by atoms with E-state index in [0.29, 0.717) is 5.13 Å². The molecule has 1 aromatic heterocycles. The van der Waals surface area contributed by atoms with Gasteiger partial charge in [-0.1, -0.05) is 23.8 Å². The Bertz CT molecular complexity index is 534. The lowest BCUT2D eigenvalue weighted by molar-refractivity contribution is 0.955. The number of aromatic nitrogens is 1. The van der Waals surface area contributed by atoms with Crippen LogP contribution < -0.4 is 5.73 Å². The molecule has 0 bridgehead atoms. The fourth-order valence-corrected chi connectivity index (χ4v) is 3.30. The van der Waals surface area contributed by atoms with Crippen LogP contribution in [0, 0.1) is 13.8 Å². The van der Waals surface area contributed by atoms with Gasteiger partial charge < -0.3 is 5.73 Å². The number of halogens is 1. The summed E-state index contributed by atoms with van der Waals surface area (Å²) >= 11 is 5.01. The summed E-state index contributed by atoms with van der Waals surface area (Å²) in [5.74, 6) is 0. The van der Waals surface area contributed by atoms with Gasteiger partial charge in [0.05, 0.1) is 0 Å². The maximum absolute atomic E-state index is 5.68. The number of nitrogens with two attached hydrogens (primary N) is 1. The molecule has 1 aromatic carbocycles. The molecule has 1 heterocycles. The van der Waals surface area contributed by atoms with E-state index in [2.05, 4.69) is 53.0 Å². The smallest absolute Gasteiger partial charge is 0.181 e. The van der Waals surface area contributed by atoms with E-state index in [1.165, 1.54) is 21.6 Å². The summed E-state index contributed by atoms with van der Waals surface area (Å²) in [6, 6.07) is 6.59. The predicted octanol–water partition coefficient (Wildman–Crippen LogP) is 3.89. The van der Waals surface area contributed by atoms with E-state index in [-0.39, 0.29) is 0 Å². The molecule has 0 aliphatic carbocycles. The van der Waals surface area contributed by atoms with Crippen LogP contribution in [0.4, 0.5) is 5.13 Å². The molecule has 0 atom stereocenters. The SMILES string of the molecule is Cc1ccc(C)c(CCc2sc(N)nc2Br)c1. The Balaban J connectivity index is 2.12. The number of thiazole rings is 1. The first kappa shape index (κ1) is 12.6. The molecule has 0 saturated heterocycles. The maximum Gasteiger partial charge on any atom is 0.181 e. The molecule has 0 aliphatic heterocycles. The van der Waals surface area contributed by atoms with E-state index in [1.807, 2.05) is 0 Å². The molecule has 0 saturated carbocycles. The maximum atomic E-state index is 5.68. The van der Waals surface area contributed by atoms with E-state index in [0.717, 1.165) is 17.4 Å². The third kappa shape index (κ3) is 3.07. The lowest BCUT2D eigenvalue weighted by atomic mass is 10.0. The highest BCUT2D eigenvalue weighted by Gasteiger charge is 2.07. The van der Waals surface area contributed by atoms with Crippen LogP contribution in [0.25, 0.3) is 0 Å². The van der Waals surface area contributed by atoms with Gasteiger partial charge >= 0.3 is 0 Å². The van der Waals surface area contributed by atoms with E-state index in [9.17, 15) is 0 Å². The van der Waals surface area contributed by atoms with Gasteiger partial charge in [0.2, 0.25) is 0 Å². The van der Waals surface area contributed by atoms with Crippen molar-refractivity contribution in [3.05, 3.63) is 44.4 Å². The Kier molecular flexibility index (Phi) is 3.84. The third-order valence-corrected chi connectivity index (χ3v) is 4.65. The first-order valence-corrected chi connectivity index (χ1v) is 7.14. The second kappa shape index (κ2) is 5.19. The Morgan fingerprint density at radius 1 is 1.29 bits per heavy atom. The highest BCUT2D eigenvalue weighted by molar-refractivity contribution is 9.10. The number of nitrogen functional groups attached to an aromatic ring is 1. The average Bonchev–Trinajstić information content (AvgIpc) is 2.59. The number of aryl methyl sites for hydroxylation is 4. The molecular weight excluding hydrogens is 296 g/mol. The van der Waals surface area contributed by atoms with Crippen LogP contribution >= 0.6 is 27.3 Å². The summed E-state index contributed by atoms with van der Waals surface area (Å²) in [5, 5.41) is 0.632. The molecule has 2 N–H and O–H groups in total. The minimum absolute atomic E-state index is 0.632. The van der Waals surface area contributed by atoms with Crippen molar-refractivity contribution in [2.24, 2.45) is 0 Å². The molecule has 0 aliphatic rings. The molecule has 0 spiro atoms. The first-order chi connectivity index (χ1) is 8.06. The van der Waals surface area contributed by atoms with Gasteiger partial charge in [-0.15, -0.1) is 11.3 Å². The summed E-state index contributed by atoms with van der Waals surface area (Å²) in [6.07, 6.45) is 2.02. The minimum Gasteiger partial charge on any atom is -0.375 e. The van der Waals surface area contributed by atoms with Crippen LogP contribution in [0.15, 0.2) is 22.8 Å².